The third-order valence-electron chi connectivity index (χ3n) is 4.22. The summed E-state index contributed by atoms with van der Waals surface area (Å²) in [5.41, 5.74) is 0. The van der Waals surface area contributed by atoms with Gasteiger partial charge in [-0.25, -0.2) is 8.42 Å². The molecule has 1 aliphatic rings. The van der Waals surface area contributed by atoms with E-state index >= 15 is 0 Å². The van der Waals surface area contributed by atoms with Crippen molar-refractivity contribution in [1.82, 2.24) is 14.2 Å². The highest BCUT2D eigenvalue weighted by Crippen LogP contribution is 2.22. The van der Waals surface area contributed by atoms with Gasteiger partial charge in [-0.05, 0) is 25.0 Å². The highest BCUT2D eigenvalue weighted by atomic mass is 32.2. The number of nitrogens with zero attached hydrogens (tertiary/aromatic N) is 3. The summed E-state index contributed by atoms with van der Waals surface area (Å²) in [6, 6.07) is 3.28. The van der Waals surface area contributed by atoms with Crippen LogP contribution in [0.3, 0.4) is 0 Å². The van der Waals surface area contributed by atoms with Crippen LogP contribution in [0.25, 0.3) is 0 Å². The molecule has 2 rings (SSSR count). The molecular weight excluding hydrogens is 302 g/mol. The van der Waals surface area contributed by atoms with Crippen LogP contribution < -0.4 is 0 Å². The predicted molar refractivity (Wildman–Crippen MR) is 83.7 cm³/mol. The van der Waals surface area contributed by atoms with Gasteiger partial charge >= 0.3 is 0 Å². The molecule has 0 bridgehead atoms. The molecule has 22 heavy (non-hydrogen) atoms. The lowest BCUT2D eigenvalue weighted by Gasteiger charge is -2.32. The van der Waals surface area contributed by atoms with Crippen molar-refractivity contribution >= 4 is 15.9 Å². The number of aromatic nitrogens is 1. The van der Waals surface area contributed by atoms with Crippen LogP contribution in [0.4, 0.5) is 0 Å². The Labute approximate surface area is 132 Å². The second-order valence-electron chi connectivity index (χ2n) is 5.75. The van der Waals surface area contributed by atoms with Gasteiger partial charge in [-0.1, -0.05) is 19.3 Å². The number of carbonyl (C=O) groups is 1. The fourth-order valence-corrected chi connectivity index (χ4v) is 3.82. The third-order valence-corrected chi connectivity index (χ3v) is 6.00. The van der Waals surface area contributed by atoms with Crippen molar-refractivity contribution in [3.8, 4) is 0 Å². The second kappa shape index (κ2) is 7.19. The highest BCUT2D eigenvalue weighted by molar-refractivity contribution is 7.89. The molecule has 122 valence electrons. The summed E-state index contributed by atoms with van der Waals surface area (Å²) in [7, 11) is -0.483. The summed E-state index contributed by atoms with van der Waals surface area (Å²) >= 11 is 0. The van der Waals surface area contributed by atoms with E-state index in [9.17, 15) is 13.2 Å². The average Bonchev–Trinajstić information content (AvgIpc) is 2.55. The molecule has 1 aromatic rings. The summed E-state index contributed by atoms with van der Waals surface area (Å²) in [4.78, 5) is 18.0. The molecule has 1 saturated carbocycles. The molecule has 0 atom stereocenters. The number of pyridine rings is 1. The maximum absolute atomic E-state index is 12.4. The summed E-state index contributed by atoms with van der Waals surface area (Å²) in [6.07, 6.45) is 8.29. The van der Waals surface area contributed by atoms with Crippen LogP contribution in [0.5, 0.6) is 0 Å². The molecule has 0 aliphatic heterocycles. The summed E-state index contributed by atoms with van der Waals surface area (Å²) in [5.74, 6) is -0.165. The number of rotatable bonds is 5. The maximum Gasteiger partial charge on any atom is 0.244 e. The lowest BCUT2D eigenvalue weighted by atomic mass is 9.94. The van der Waals surface area contributed by atoms with Gasteiger partial charge in [0.2, 0.25) is 15.9 Å². The van der Waals surface area contributed by atoms with Gasteiger partial charge in [-0.3, -0.25) is 9.78 Å². The minimum atomic E-state index is -3.67. The van der Waals surface area contributed by atoms with Gasteiger partial charge in [-0.2, -0.15) is 4.31 Å². The molecule has 1 amide bonds. The first-order valence-corrected chi connectivity index (χ1v) is 8.99. The molecule has 0 unspecified atom stereocenters. The minimum absolute atomic E-state index is 0.102. The van der Waals surface area contributed by atoms with E-state index in [4.69, 9.17) is 0 Å². The minimum Gasteiger partial charge on any atom is -0.342 e. The van der Waals surface area contributed by atoms with E-state index in [2.05, 4.69) is 4.98 Å². The average molecular weight is 325 g/mol. The van der Waals surface area contributed by atoms with Crippen molar-refractivity contribution < 1.29 is 13.2 Å². The highest BCUT2D eigenvalue weighted by Gasteiger charge is 2.27. The molecule has 1 aromatic heterocycles. The van der Waals surface area contributed by atoms with Crippen molar-refractivity contribution in [3.63, 3.8) is 0 Å². The zero-order valence-corrected chi connectivity index (χ0v) is 13.9. The van der Waals surface area contributed by atoms with Gasteiger partial charge in [0, 0.05) is 32.5 Å². The van der Waals surface area contributed by atoms with Crippen LogP contribution in [0.2, 0.25) is 0 Å². The van der Waals surface area contributed by atoms with E-state index in [0.717, 1.165) is 30.0 Å². The zero-order valence-electron chi connectivity index (χ0n) is 13.1. The van der Waals surface area contributed by atoms with Crippen LogP contribution in [-0.4, -0.2) is 55.2 Å². The molecule has 0 spiro atoms. The van der Waals surface area contributed by atoms with Crippen LogP contribution in [0, 0.1) is 0 Å². The third kappa shape index (κ3) is 3.84. The summed E-state index contributed by atoms with van der Waals surface area (Å²) < 4.78 is 25.9. The topological polar surface area (TPSA) is 70.6 Å². The maximum atomic E-state index is 12.4. The van der Waals surface area contributed by atoms with Gasteiger partial charge in [0.25, 0.3) is 0 Å². The molecular formula is C15H23N3O3S. The molecule has 1 heterocycles. The monoisotopic (exact) mass is 325 g/mol. The van der Waals surface area contributed by atoms with E-state index in [0.29, 0.717) is 0 Å². The Hall–Kier alpha value is -1.47. The number of hydrogen-bond donors (Lipinski definition) is 0. The number of carbonyl (C=O) groups excluding carboxylic acids is 1. The predicted octanol–water partition coefficient (Wildman–Crippen LogP) is 1.49. The summed E-state index contributed by atoms with van der Waals surface area (Å²) in [6.45, 7) is -0.149. The first-order chi connectivity index (χ1) is 10.4. The van der Waals surface area contributed by atoms with Gasteiger partial charge in [-0.15, -0.1) is 0 Å². The van der Waals surface area contributed by atoms with Crippen molar-refractivity contribution in [2.75, 3.05) is 20.6 Å². The number of amides is 1. The Morgan fingerprint density at radius 2 is 1.95 bits per heavy atom. The first-order valence-electron chi connectivity index (χ1n) is 7.55. The lowest BCUT2D eigenvalue weighted by molar-refractivity contribution is -0.132. The number of likely N-dealkylation sites (N-methyl/N-ethyl adjacent to an activating group) is 2. The molecule has 1 fully saturated rings. The van der Waals surface area contributed by atoms with E-state index in [-0.39, 0.29) is 23.4 Å². The van der Waals surface area contributed by atoms with Gasteiger partial charge in [0.05, 0.1) is 6.54 Å². The first kappa shape index (κ1) is 16.9. The van der Waals surface area contributed by atoms with E-state index < -0.39 is 10.0 Å². The van der Waals surface area contributed by atoms with Crippen molar-refractivity contribution in [2.24, 2.45) is 0 Å². The molecule has 0 radical (unpaired) electrons. The Bertz CT molecular complexity index is 598. The van der Waals surface area contributed by atoms with Crippen molar-refractivity contribution in [3.05, 3.63) is 24.5 Å². The van der Waals surface area contributed by atoms with E-state index in [1.807, 2.05) is 0 Å². The van der Waals surface area contributed by atoms with E-state index in [1.165, 1.54) is 31.9 Å². The Morgan fingerprint density at radius 1 is 1.27 bits per heavy atom. The van der Waals surface area contributed by atoms with Crippen LogP contribution >= 0.6 is 0 Å². The Kier molecular flexibility index (Phi) is 5.52. The van der Waals surface area contributed by atoms with Crippen molar-refractivity contribution in [2.45, 2.75) is 43.0 Å². The fourth-order valence-electron chi connectivity index (χ4n) is 2.74. The number of sulfonamides is 1. The van der Waals surface area contributed by atoms with Crippen LogP contribution in [0.1, 0.15) is 32.1 Å². The van der Waals surface area contributed by atoms with Gasteiger partial charge in [0.15, 0.2) is 0 Å². The van der Waals surface area contributed by atoms with Crippen LogP contribution in [-0.2, 0) is 14.8 Å². The molecule has 7 heteroatoms. The normalized spacial score (nSPS) is 16.7. The van der Waals surface area contributed by atoms with Crippen LogP contribution in [0.15, 0.2) is 29.4 Å². The van der Waals surface area contributed by atoms with Crippen molar-refractivity contribution in [1.29, 1.82) is 0 Å². The second-order valence-corrected chi connectivity index (χ2v) is 7.79. The zero-order chi connectivity index (χ0) is 16.2. The molecule has 0 N–H and O–H groups in total. The molecule has 0 saturated heterocycles. The van der Waals surface area contributed by atoms with Gasteiger partial charge < -0.3 is 4.90 Å². The number of hydrogen-bond acceptors (Lipinski definition) is 4. The summed E-state index contributed by atoms with van der Waals surface area (Å²) in [5, 5.41) is 0. The lowest BCUT2D eigenvalue weighted by Crippen LogP contribution is -2.44. The molecule has 1 aliphatic carbocycles. The Morgan fingerprint density at radius 3 is 2.55 bits per heavy atom. The van der Waals surface area contributed by atoms with E-state index in [1.54, 1.807) is 18.0 Å². The molecule has 6 nitrogen and oxygen atoms in total. The standard InChI is InChI=1S/C15H23N3O3S/c1-17(22(20,21)14-9-6-10-16-11-14)12-15(19)18(2)13-7-4-3-5-8-13/h6,9-11,13H,3-5,7-8,12H2,1-2H3. The largest absolute Gasteiger partial charge is 0.342 e. The quantitative estimate of drug-likeness (QED) is 0.822. The molecule has 0 aromatic carbocycles. The van der Waals surface area contributed by atoms with Gasteiger partial charge in [0.1, 0.15) is 4.90 Å². The fraction of sp³-hybridized carbons (Fsp3) is 0.600. The Balaban J connectivity index is 2.01. The smallest absolute Gasteiger partial charge is 0.244 e. The SMILES string of the molecule is CN(C(=O)CN(C)S(=O)(=O)c1cccnc1)C1CCCCC1.